The van der Waals surface area contributed by atoms with Gasteiger partial charge in [0.1, 0.15) is 5.75 Å². The molecule has 1 aromatic rings. The van der Waals surface area contributed by atoms with Crippen molar-refractivity contribution in [2.75, 3.05) is 67.8 Å². The Labute approximate surface area is 199 Å². The van der Waals surface area contributed by atoms with Gasteiger partial charge in [-0.3, -0.25) is 4.99 Å². The first-order chi connectivity index (χ1) is 14.1. The minimum atomic E-state index is 0. The molecule has 1 aromatic carbocycles. The first kappa shape index (κ1) is 26.9. The van der Waals surface area contributed by atoms with Crippen LogP contribution in [0.15, 0.2) is 29.3 Å². The van der Waals surface area contributed by atoms with Crippen LogP contribution >= 0.6 is 24.0 Å². The van der Waals surface area contributed by atoms with Crippen molar-refractivity contribution in [3.8, 4) is 5.75 Å². The lowest BCUT2D eigenvalue weighted by molar-refractivity contribution is 0.0203. The highest BCUT2D eigenvalue weighted by Crippen LogP contribution is 2.22. The molecule has 1 heterocycles. The first-order valence-corrected chi connectivity index (χ1v) is 10.5. The molecule has 2 N–H and O–H groups in total. The number of hydrogen-bond acceptors (Lipinski definition) is 5. The SMILES string of the molecule is CN=C(NCCCOCC1CCOCC1)NCC(c1cccc(OC)c1)N(C)C.I. The zero-order valence-corrected chi connectivity index (χ0v) is 21.2. The lowest BCUT2D eigenvalue weighted by Gasteiger charge is -2.26. The Bertz CT molecular complexity index is 610. The molecule has 2 rings (SSSR count). The summed E-state index contributed by atoms with van der Waals surface area (Å²) >= 11 is 0. The van der Waals surface area contributed by atoms with Gasteiger partial charge in [-0.15, -0.1) is 24.0 Å². The van der Waals surface area contributed by atoms with Gasteiger partial charge in [0, 0.05) is 46.6 Å². The van der Waals surface area contributed by atoms with E-state index < -0.39 is 0 Å². The van der Waals surface area contributed by atoms with Gasteiger partial charge in [0.15, 0.2) is 5.96 Å². The Morgan fingerprint density at radius 1 is 1.27 bits per heavy atom. The molecule has 1 aliphatic heterocycles. The minimum absolute atomic E-state index is 0. The zero-order chi connectivity index (χ0) is 20.9. The molecule has 172 valence electrons. The number of likely N-dealkylation sites (N-methyl/N-ethyl adjacent to an activating group) is 1. The van der Waals surface area contributed by atoms with Gasteiger partial charge in [-0.05, 0) is 57.0 Å². The summed E-state index contributed by atoms with van der Waals surface area (Å²) < 4.78 is 16.6. The van der Waals surface area contributed by atoms with Gasteiger partial charge < -0.3 is 29.7 Å². The summed E-state index contributed by atoms with van der Waals surface area (Å²) in [6.45, 7) is 4.95. The Morgan fingerprint density at radius 2 is 2.03 bits per heavy atom. The van der Waals surface area contributed by atoms with E-state index >= 15 is 0 Å². The molecule has 0 saturated carbocycles. The highest BCUT2D eigenvalue weighted by atomic mass is 127. The van der Waals surface area contributed by atoms with Gasteiger partial charge in [0.2, 0.25) is 0 Å². The van der Waals surface area contributed by atoms with Crippen molar-refractivity contribution in [2.45, 2.75) is 25.3 Å². The normalized spacial score (nSPS) is 16.1. The zero-order valence-electron chi connectivity index (χ0n) is 18.9. The Balaban J connectivity index is 0.00000450. The van der Waals surface area contributed by atoms with Crippen LogP contribution in [-0.4, -0.2) is 78.6 Å². The molecule has 1 atom stereocenters. The van der Waals surface area contributed by atoms with E-state index in [1.807, 2.05) is 12.1 Å². The second-order valence-corrected chi connectivity index (χ2v) is 7.62. The fourth-order valence-electron chi connectivity index (χ4n) is 3.41. The van der Waals surface area contributed by atoms with E-state index in [0.29, 0.717) is 5.92 Å². The van der Waals surface area contributed by atoms with Crippen LogP contribution in [0.3, 0.4) is 0 Å². The third kappa shape index (κ3) is 9.80. The quantitative estimate of drug-likeness (QED) is 0.197. The molecule has 30 heavy (non-hydrogen) atoms. The van der Waals surface area contributed by atoms with E-state index in [2.05, 4.69) is 46.8 Å². The predicted molar refractivity (Wildman–Crippen MR) is 133 cm³/mol. The van der Waals surface area contributed by atoms with E-state index in [0.717, 1.165) is 70.5 Å². The van der Waals surface area contributed by atoms with Crippen LogP contribution < -0.4 is 15.4 Å². The smallest absolute Gasteiger partial charge is 0.191 e. The predicted octanol–water partition coefficient (Wildman–Crippen LogP) is 2.91. The molecule has 0 amide bonds. The van der Waals surface area contributed by atoms with Gasteiger partial charge in [0.25, 0.3) is 0 Å². The average molecular weight is 534 g/mol. The number of ether oxygens (including phenoxy) is 3. The average Bonchev–Trinajstić information content (AvgIpc) is 2.75. The first-order valence-electron chi connectivity index (χ1n) is 10.5. The fraction of sp³-hybridized carbons (Fsp3) is 0.682. The van der Waals surface area contributed by atoms with Gasteiger partial charge in [0.05, 0.1) is 13.2 Å². The van der Waals surface area contributed by atoms with E-state index in [1.165, 1.54) is 5.56 Å². The van der Waals surface area contributed by atoms with Crippen molar-refractivity contribution in [3.05, 3.63) is 29.8 Å². The molecule has 0 spiro atoms. The number of guanidine groups is 1. The van der Waals surface area contributed by atoms with Gasteiger partial charge in [-0.25, -0.2) is 0 Å². The summed E-state index contributed by atoms with van der Waals surface area (Å²) in [6, 6.07) is 8.41. The fourth-order valence-corrected chi connectivity index (χ4v) is 3.41. The Hall–Kier alpha value is -1.10. The van der Waals surface area contributed by atoms with Crippen LogP contribution in [-0.2, 0) is 9.47 Å². The van der Waals surface area contributed by atoms with Crippen LogP contribution in [0.25, 0.3) is 0 Å². The molecule has 0 bridgehead atoms. The van der Waals surface area contributed by atoms with Crippen LogP contribution in [0, 0.1) is 5.92 Å². The second-order valence-electron chi connectivity index (χ2n) is 7.62. The van der Waals surface area contributed by atoms with Crippen LogP contribution in [0.4, 0.5) is 0 Å². The van der Waals surface area contributed by atoms with Gasteiger partial charge in [-0.2, -0.15) is 0 Å². The molecule has 0 aromatic heterocycles. The minimum Gasteiger partial charge on any atom is -0.497 e. The van der Waals surface area contributed by atoms with E-state index in [-0.39, 0.29) is 30.0 Å². The summed E-state index contributed by atoms with van der Waals surface area (Å²) in [5.41, 5.74) is 1.21. The molecule has 1 fully saturated rings. The maximum Gasteiger partial charge on any atom is 0.191 e. The van der Waals surface area contributed by atoms with Gasteiger partial charge in [-0.1, -0.05) is 12.1 Å². The highest BCUT2D eigenvalue weighted by Gasteiger charge is 2.16. The second kappa shape index (κ2) is 15.7. The number of aliphatic imine (C=N–C) groups is 1. The van der Waals surface area contributed by atoms with Crippen LogP contribution in [0.2, 0.25) is 0 Å². The van der Waals surface area contributed by atoms with E-state index in [1.54, 1.807) is 14.2 Å². The lowest BCUT2D eigenvalue weighted by atomic mass is 10.0. The Morgan fingerprint density at radius 3 is 2.70 bits per heavy atom. The third-order valence-electron chi connectivity index (χ3n) is 5.24. The largest absolute Gasteiger partial charge is 0.497 e. The van der Waals surface area contributed by atoms with Crippen molar-refractivity contribution in [1.29, 1.82) is 0 Å². The maximum atomic E-state index is 5.82. The summed E-state index contributed by atoms with van der Waals surface area (Å²) in [4.78, 5) is 6.53. The van der Waals surface area contributed by atoms with Gasteiger partial charge >= 0.3 is 0 Å². The number of rotatable bonds is 11. The highest BCUT2D eigenvalue weighted by molar-refractivity contribution is 14.0. The molecule has 1 aliphatic rings. The van der Waals surface area contributed by atoms with E-state index in [4.69, 9.17) is 14.2 Å². The standard InChI is InChI=1S/C22H38N4O3.HI/c1-23-22(24-11-6-12-29-17-18-9-13-28-14-10-18)25-16-21(26(2)3)19-7-5-8-20(15-19)27-4;/h5,7-8,15,18,21H,6,9-14,16-17H2,1-4H3,(H2,23,24,25);1H. The molecular formula is C22H39IN4O3. The molecule has 0 radical (unpaired) electrons. The Kier molecular flexibility index (Phi) is 14.1. The number of nitrogens with one attached hydrogen (secondary N) is 2. The van der Waals surface area contributed by atoms with Crippen molar-refractivity contribution in [3.63, 3.8) is 0 Å². The molecule has 8 heteroatoms. The van der Waals surface area contributed by atoms with Crippen LogP contribution in [0.5, 0.6) is 5.75 Å². The van der Waals surface area contributed by atoms with Crippen molar-refractivity contribution in [1.82, 2.24) is 15.5 Å². The van der Waals surface area contributed by atoms with E-state index in [9.17, 15) is 0 Å². The number of benzene rings is 1. The molecule has 1 unspecified atom stereocenters. The summed E-state index contributed by atoms with van der Waals surface area (Å²) in [5.74, 6) is 2.34. The molecule has 1 saturated heterocycles. The summed E-state index contributed by atoms with van der Waals surface area (Å²) in [6.07, 6.45) is 3.20. The lowest BCUT2D eigenvalue weighted by Crippen LogP contribution is -2.42. The van der Waals surface area contributed by atoms with Crippen LogP contribution in [0.1, 0.15) is 30.9 Å². The van der Waals surface area contributed by atoms with Crippen molar-refractivity contribution in [2.24, 2.45) is 10.9 Å². The summed E-state index contributed by atoms with van der Waals surface area (Å²) in [7, 11) is 7.66. The monoisotopic (exact) mass is 534 g/mol. The molecular weight excluding hydrogens is 495 g/mol. The molecule has 0 aliphatic carbocycles. The third-order valence-corrected chi connectivity index (χ3v) is 5.24. The summed E-state index contributed by atoms with van der Waals surface area (Å²) in [5, 5.41) is 6.80. The maximum absolute atomic E-state index is 5.82. The van der Waals surface area contributed by atoms with Crippen molar-refractivity contribution < 1.29 is 14.2 Å². The van der Waals surface area contributed by atoms with Crippen molar-refractivity contribution >= 4 is 29.9 Å². The number of nitrogens with zero attached hydrogens (tertiary/aromatic N) is 2. The molecule has 7 nitrogen and oxygen atoms in total. The topological polar surface area (TPSA) is 67.4 Å². The number of halogens is 1. The number of hydrogen-bond donors (Lipinski definition) is 2. The number of methoxy groups -OCH3 is 1.